The SMILES string of the molecule is CC(C)(C)c1ccnc(-n2c3cc(Oc4cccc(-n5[c](=[Pt])n(-c6c(-c7ccccc7)cccc6-c6ccccc6)c6ccccc65)c4)ccc3c3cc4c(cc32)C(C)(C)CCC4)c1. The third-order valence-corrected chi connectivity index (χ3v) is 14.2. The number of hydrogen-bond acceptors (Lipinski definition) is 2. The molecule has 0 bridgehead atoms. The second kappa shape index (κ2) is 15.6. The van der Waals surface area contributed by atoms with Gasteiger partial charge in [0.2, 0.25) is 0 Å². The second-order valence-electron chi connectivity index (χ2n) is 18.9. The zero-order valence-electron chi connectivity index (χ0n) is 36.9. The number of aryl methyl sites for hydroxylation is 1. The van der Waals surface area contributed by atoms with Crippen molar-refractivity contribution in [2.24, 2.45) is 0 Å². The number of pyridine rings is 1. The van der Waals surface area contributed by atoms with E-state index in [1.807, 2.05) is 6.20 Å². The molecule has 0 amide bonds. The van der Waals surface area contributed by atoms with Crippen LogP contribution in [0.1, 0.15) is 64.2 Å². The van der Waals surface area contributed by atoms with Gasteiger partial charge in [0.1, 0.15) is 0 Å². The number of benzene rings is 7. The van der Waals surface area contributed by atoms with Crippen LogP contribution in [-0.4, -0.2) is 18.7 Å². The Balaban J connectivity index is 1.05. The molecule has 318 valence electrons. The van der Waals surface area contributed by atoms with Gasteiger partial charge in [-0.3, -0.25) is 0 Å². The summed E-state index contributed by atoms with van der Waals surface area (Å²) in [4.78, 5) is 5.02. The van der Waals surface area contributed by atoms with Crippen molar-refractivity contribution in [1.29, 1.82) is 0 Å². The third kappa shape index (κ3) is 6.89. The zero-order chi connectivity index (χ0) is 43.7. The van der Waals surface area contributed by atoms with E-state index in [0.29, 0.717) is 0 Å². The molecule has 64 heavy (non-hydrogen) atoms. The number of rotatable bonds is 7. The van der Waals surface area contributed by atoms with E-state index in [4.69, 9.17) is 9.72 Å². The summed E-state index contributed by atoms with van der Waals surface area (Å²) < 4.78 is 15.1. The predicted molar refractivity (Wildman–Crippen MR) is 260 cm³/mol. The molecule has 5 nitrogen and oxygen atoms in total. The Labute approximate surface area is 385 Å². The molecule has 0 atom stereocenters. The first kappa shape index (κ1) is 40.2. The first-order valence-corrected chi connectivity index (χ1v) is 23.5. The molecule has 0 N–H and O–H groups in total. The summed E-state index contributed by atoms with van der Waals surface area (Å²) >= 11 is 2.51. The molecule has 0 saturated carbocycles. The van der Waals surface area contributed by atoms with Crippen molar-refractivity contribution in [3.05, 3.63) is 197 Å². The number of imidazole rings is 1. The molecule has 0 fully saturated rings. The number of para-hydroxylation sites is 3. The smallest absolute Gasteiger partial charge is 0.0558 e. The molecule has 1 aliphatic carbocycles. The van der Waals surface area contributed by atoms with E-state index >= 15 is 0 Å². The van der Waals surface area contributed by atoms with Crippen molar-refractivity contribution in [3.63, 3.8) is 0 Å². The minimum atomic E-state index is -0.0193. The van der Waals surface area contributed by atoms with Gasteiger partial charge in [-0.15, -0.1) is 0 Å². The van der Waals surface area contributed by atoms with Gasteiger partial charge in [0.05, 0.1) is 0 Å². The van der Waals surface area contributed by atoms with Gasteiger partial charge in [0.15, 0.2) is 0 Å². The van der Waals surface area contributed by atoms with Crippen LogP contribution in [0.5, 0.6) is 11.5 Å². The fraction of sp³-hybridized carbons (Fsp3) is 0.172. The number of ether oxygens (including phenoxy) is 1. The Bertz CT molecular complexity index is 3420. The summed E-state index contributed by atoms with van der Waals surface area (Å²) in [6, 6.07) is 61.1. The normalized spacial score (nSPS) is 13.7. The van der Waals surface area contributed by atoms with Gasteiger partial charge in [-0.2, -0.15) is 0 Å². The van der Waals surface area contributed by atoms with Crippen LogP contribution in [-0.2, 0) is 36.6 Å². The van der Waals surface area contributed by atoms with Crippen molar-refractivity contribution in [1.82, 2.24) is 18.7 Å². The van der Waals surface area contributed by atoms with Gasteiger partial charge in [0, 0.05) is 6.20 Å². The van der Waals surface area contributed by atoms with Gasteiger partial charge in [-0.25, -0.2) is 0 Å². The number of hydrogen-bond donors (Lipinski definition) is 0. The van der Waals surface area contributed by atoms with Crippen LogP contribution >= 0.6 is 0 Å². The van der Waals surface area contributed by atoms with Crippen molar-refractivity contribution in [3.8, 4) is 50.9 Å². The zero-order valence-corrected chi connectivity index (χ0v) is 39.2. The molecule has 6 heteroatoms. The van der Waals surface area contributed by atoms with Gasteiger partial charge in [-0.05, 0) is 52.8 Å². The molecule has 3 heterocycles. The minimum Gasteiger partial charge on any atom is -0.0558 e. The Kier molecular flexibility index (Phi) is 9.81. The van der Waals surface area contributed by atoms with E-state index in [2.05, 4.69) is 238 Å². The van der Waals surface area contributed by atoms with E-state index in [1.165, 1.54) is 68.1 Å². The molecule has 1 aliphatic rings. The standard InChI is InChI=1S/C58H50N4O.Pt/c1-57(2,3)42-30-32-59-55(34-42)62-53-36-45(28-29-48(53)49-33-41-21-16-31-58(4,5)50(41)37-54(49)62)63-44-23-14-22-43(35-44)60-38-61(52-27-13-12-26-51(52)60)56-46(39-17-8-6-9-18-39)24-15-25-47(56)40-19-10-7-11-20-40;/h6-15,17-20,22-30,32-37H,16,21,31H2,1-5H3;. The fourth-order valence-electron chi connectivity index (χ4n) is 9.98. The summed E-state index contributed by atoms with van der Waals surface area (Å²) in [5.41, 5.74) is 15.6. The van der Waals surface area contributed by atoms with Crippen molar-refractivity contribution >= 4 is 32.8 Å². The molecule has 0 saturated heterocycles. The maximum atomic E-state index is 6.89. The van der Waals surface area contributed by atoms with E-state index in [0.717, 1.165) is 55.5 Å². The minimum absolute atomic E-state index is 0.0193. The molecular formula is C58H50N4OPt. The monoisotopic (exact) mass is 1010 g/mol. The molecule has 11 rings (SSSR count). The quantitative estimate of drug-likeness (QED) is 0.160. The topological polar surface area (TPSA) is 36.9 Å². The van der Waals surface area contributed by atoms with Crippen LogP contribution in [0, 0.1) is 3.80 Å². The summed E-state index contributed by atoms with van der Waals surface area (Å²) in [6.45, 7) is 11.6. The molecule has 7 aromatic carbocycles. The summed E-state index contributed by atoms with van der Waals surface area (Å²) in [7, 11) is 0. The predicted octanol–water partition coefficient (Wildman–Crippen LogP) is 15.0. The average Bonchev–Trinajstić information content (AvgIpc) is 3.78. The summed E-state index contributed by atoms with van der Waals surface area (Å²) in [6.07, 6.45) is 5.47. The van der Waals surface area contributed by atoms with Crippen LogP contribution in [0.3, 0.4) is 0 Å². The van der Waals surface area contributed by atoms with Gasteiger partial charge in [0.25, 0.3) is 0 Å². The number of fused-ring (bicyclic) bond motifs is 5. The van der Waals surface area contributed by atoms with E-state index in [1.54, 1.807) is 0 Å². The molecule has 0 aliphatic heterocycles. The number of aromatic nitrogens is 4. The first-order chi connectivity index (χ1) is 31.0. The Morgan fingerprint density at radius 3 is 1.92 bits per heavy atom. The van der Waals surface area contributed by atoms with E-state index in [9.17, 15) is 0 Å². The summed E-state index contributed by atoms with van der Waals surface area (Å²) in [5.74, 6) is 2.46. The van der Waals surface area contributed by atoms with Crippen molar-refractivity contribution < 1.29 is 24.1 Å². The molecule has 0 spiro atoms. The van der Waals surface area contributed by atoms with Gasteiger partial charge >= 0.3 is 294 Å². The van der Waals surface area contributed by atoms with Crippen molar-refractivity contribution in [2.45, 2.75) is 64.7 Å². The number of nitrogens with zero attached hydrogens (tertiary/aromatic N) is 4. The van der Waals surface area contributed by atoms with Gasteiger partial charge < -0.3 is 0 Å². The molecule has 3 aromatic heterocycles. The van der Waals surface area contributed by atoms with Crippen LogP contribution in [0.15, 0.2) is 176 Å². The Morgan fingerprint density at radius 2 is 1.22 bits per heavy atom. The van der Waals surface area contributed by atoms with Crippen LogP contribution in [0.25, 0.3) is 72.3 Å². The molecule has 0 radical (unpaired) electrons. The third-order valence-electron chi connectivity index (χ3n) is 13.2. The second-order valence-corrected chi connectivity index (χ2v) is 19.9. The average molecular weight is 1010 g/mol. The van der Waals surface area contributed by atoms with Crippen LogP contribution < -0.4 is 4.74 Å². The van der Waals surface area contributed by atoms with Crippen LogP contribution in [0.2, 0.25) is 0 Å². The van der Waals surface area contributed by atoms with E-state index in [-0.39, 0.29) is 10.8 Å². The Morgan fingerprint density at radius 1 is 0.578 bits per heavy atom. The maximum absolute atomic E-state index is 6.89. The van der Waals surface area contributed by atoms with Gasteiger partial charge in [-0.1, -0.05) is 34.6 Å². The van der Waals surface area contributed by atoms with Crippen molar-refractivity contribution in [2.75, 3.05) is 0 Å². The van der Waals surface area contributed by atoms with Crippen LogP contribution in [0.4, 0.5) is 0 Å². The summed E-state index contributed by atoms with van der Waals surface area (Å²) in [5, 5.41) is 2.46. The van der Waals surface area contributed by atoms with E-state index < -0.39 is 0 Å². The Hall–Kier alpha value is -6.55. The molecular weight excluding hydrogens is 964 g/mol. The molecule has 10 aromatic rings. The fourth-order valence-corrected chi connectivity index (χ4v) is 11.1. The molecule has 0 unspecified atom stereocenters. The first-order valence-electron chi connectivity index (χ1n) is 22.3.